The Morgan fingerprint density at radius 2 is 1.81 bits per heavy atom. The van der Waals surface area contributed by atoms with Crippen LogP contribution in [0.3, 0.4) is 0 Å². The number of ether oxygens (including phenoxy) is 2. The first kappa shape index (κ1) is 16.1. The van der Waals surface area contributed by atoms with Gasteiger partial charge in [0.1, 0.15) is 11.4 Å². The average molecular weight is 376 g/mol. The molecule has 1 atom stereocenters. The fourth-order valence-corrected chi connectivity index (χ4v) is 4.45. The van der Waals surface area contributed by atoms with E-state index in [0.717, 1.165) is 16.0 Å². The number of benzene rings is 2. The molecule has 6 heteroatoms. The molecule has 3 heterocycles. The number of aryl methyl sites for hydroxylation is 1. The normalized spacial score (nSPS) is 15.8. The van der Waals surface area contributed by atoms with Crippen LogP contribution in [-0.4, -0.2) is 16.6 Å². The maximum atomic E-state index is 12.9. The van der Waals surface area contributed by atoms with E-state index < -0.39 is 6.10 Å². The number of para-hydroxylation sites is 2. The summed E-state index contributed by atoms with van der Waals surface area (Å²) in [5, 5.41) is 0.629. The molecule has 0 unspecified atom stereocenters. The molecular formula is C21H16N2O3S. The van der Waals surface area contributed by atoms with Crippen LogP contribution in [0.25, 0.3) is 21.3 Å². The Morgan fingerprint density at radius 1 is 1.07 bits per heavy atom. The van der Waals surface area contributed by atoms with Gasteiger partial charge >= 0.3 is 0 Å². The zero-order chi connectivity index (χ0) is 18.4. The van der Waals surface area contributed by atoms with Gasteiger partial charge in [0.05, 0.1) is 5.39 Å². The lowest BCUT2D eigenvalue weighted by molar-refractivity contribution is 0.0852. The van der Waals surface area contributed by atoms with Gasteiger partial charge in [0.2, 0.25) is 0 Å². The van der Waals surface area contributed by atoms with Crippen molar-refractivity contribution in [3.8, 4) is 22.6 Å². The van der Waals surface area contributed by atoms with E-state index in [2.05, 4.69) is 4.98 Å². The average Bonchev–Trinajstić information content (AvgIpc) is 3.04. The lowest BCUT2D eigenvalue weighted by atomic mass is 10.0. The molecule has 0 aliphatic carbocycles. The maximum absolute atomic E-state index is 12.9. The largest absolute Gasteiger partial charge is 0.485 e. The summed E-state index contributed by atoms with van der Waals surface area (Å²) in [6, 6.07) is 17.4. The fourth-order valence-electron chi connectivity index (χ4n) is 3.39. The van der Waals surface area contributed by atoms with Gasteiger partial charge in [-0.3, -0.25) is 4.79 Å². The molecule has 1 aliphatic rings. The highest BCUT2D eigenvalue weighted by Gasteiger charge is 2.26. The van der Waals surface area contributed by atoms with Gasteiger partial charge in [-0.2, -0.15) is 0 Å². The van der Waals surface area contributed by atoms with E-state index in [1.165, 1.54) is 11.3 Å². The summed E-state index contributed by atoms with van der Waals surface area (Å²) in [4.78, 5) is 22.3. The second kappa shape index (κ2) is 6.25. The van der Waals surface area contributed by atoms with Gasteiger partial charge in [-0.05, 0) is 24.6 Å². The zero-order valence-electron chi connectivity index (χ0n) is 14.6. The number of aromatic amines is 1. The number of fused-ring (bicyclic) bond motifs is 2. The molecule has 5 nitrogen and oxygen atoms in total. The van der Waals surface area contributed by atoms with Crippen molar-refractivity contribution in [2.75, 3.05) is 6.61 Å². The highest BCUT2D eigenvalue weighted by molar-refractivity contribution is 7.19. The van der Waals surface area contributed by atoms with Gasteiger partial charge in [-0.15, -0.1) is 11.3 Å². The van der Waals surface area contributed by atoms with Crippen LogP contribution < -0.4 is 15.0 Å². The number of nitrogens with zero attached hydrogens (tertiary/aromatic N) is 1. The van der Waals surface area contributed by atoms with E-state index >= 15 is 0 Å². The summed E-state index contributed by atoms with van der Waals surface area (Å²) in [5.74, 6) is 1.85. The molecule has 0 amide bonds. The maximum Gasteiger partial charge on any atom is 0.260 e. The lowest BCUT2D eigenvalue weighted by Crippen LogP contribution is -2.25. The Bertz CT molecular complexity index is 1200. The molecule has 0 spiro atoms. The van der Waals surface area contributed by atoms with Crippen molar-refractivity contribution in [3.63, 3.8) is 0 Å². The number of hydrogen-bond donors (Lipinski definition) is 1. The van der Waals surface area contributed by atoms with E-state index in [1.807, 2.05) is 61.5 Å². The molecule has 134 valence electrons. The Balaban J connectivity index is 1.60. The van der Waals surface area contributed by atoms with Crippen molar-refractivity contribution in [1.29, 1.82) is 0 Å². The molecule has 0 saturated carbocycles. The van der Waals surface area contributed by atoms with Crippen LogP contribution in [0.2, 0.25) is 0 Å². The molecule has 5 rings (SSSR count). The Hall–Kier alpha value is -3.12. The molecule has 27 heavy (non-hydrogen) atoms. The van der Waals surface area contributed by atoms with Gasteiger partial charge < -0.3 is 14.5 Å². The van der Waals surface area contributed by atoms with Crippen LogP contribution >= 0.6 is 11.3 Å². The standard InChI is InChI=1S/C21H16N2O3S/c1-12-17(13-7-3-2-4-8-13)18-20(24)22-19(23-21(18)27-12)16-11-25-14-9-5-6-10-15(14)26-16/h2-10,16H,11H2,1H3,(H,22,23,24)/t16-/m1/s1. The molecule has 0 saturated heterocycles. The molecule has 4 aromatic rings. The molecule has 0 radical (unpaired) electrons. The van der Waals surface area contributed by atoms with Crippen LogP contribution in [0.5, 0.6) is 11.5 Å². The highest BCUT2D eigenvalue weighted by atomic mass is 32.1. The van der Waals surface area contributed by atoms with Crippen molar-refractivity contribution in [2.24, 2.45) is 0 Å². The van der Waals surface area contributed by atoms with Crippen LogP contribution in [0.1, 0.15) is 16.8 Å². The minimum atomic E-state index is -0.445. The number of hydrogen-bond acceptors (Lipinski definition) is 5. The van der Waals surface area contributed by atoms with Crippen molar-refractivity contribution in [1.82, 2.24) is 9.97 Å². The van der Waals surface area contributed by atoms with Crippen molar-refractivity contribution < 1.29 is 9.47 Å². The van der Waals surface area contributed by atoms with Crippen LogP contribution in [0.15, 0.2) is 59.4 Å². The van der Waals surface area contributed by atoms with E-state index in [4.69, 9.17) is 14.5 Å². The number of thiophene rings is 1. The topological polar surface area (TPSA) is 64.2 Å². The number of nitrogens with one attached hydrogen (secondary N) is 1. The van der Waals surface area contributed by atoms with Gasteiger partial charge in [0.25, 0.3) is 5.56 Å². The monoisotopic (exact) mass is 376 g/mol. The smallest absolute Gasteiger partial charge is 0.260 e. The summed E-state index contributed by atoms with van der Waals surface area (Å²) in [6.45, 7) is 2.33. The molecule has 2 aromatic heterocycles. The van der Waals surface area contributed by atoms with Crippen LogP contribution in [-0.2, 0) is 0 Å². The van der Waals surface area contributed by atoms with Gasteiger partial charge in [-0.25, -0.2) is 4.98 Å². The molecule has 1 aliphatic heterocycles. The second-order valence-corrected chi connectivity index (χ2v) is 7.60. The van der Waals surface area contributed by atoms with Crippen molar-refractivity contribution in [2.45, 2.75) is 13.0 Å². The predicted molar refractivity (Wildman–Crippen MR) is 106 cm³/mol. The molecule has 2 aromatic carbocycles. The first-order valence-electron chi connectivity index (χ1n) is 8.68. The summed E-state index contributed by atoms with van der Waals surface area (Å²) < 4.78 is 11.7. The minimum absolute atomic E-state index is 0.152. The van der Waals surface area contributed by atoms with E-state index in [0.29, 0.717) is 34.1 Å². The second-order valence-electron chi connectivity index (χ2n) is 6.39. The minimum Gasteiger partial charge on any atom is -0.485 e. The molecule has 1 N–H and O–H groups in total. The third-order valence-electron chi connectivity index (χ3n) is 4.63. The lowest BCUT2D eigenvalue weighted by Gasteiger charge is -2.25. The van der Waals surface area contributed by atoms with Gasteiger partial charge in [-0.1, -0.05) is 42.5 Å². The third kappa shape index (κ3) is 2.69. The number of rotatable bonds is 2. The quantitative estimate of drug-likeness (QED) is 0.560. The van der Waals surface area contributed by atoms with Gasteiger partial charge in [0.15, 0.2) is 23.4 Å². The van der Waals surface area contributed by atoms with Gasteiger partial charge in [0, 0.05) is 10.4 Å². The Kier molecular flexibility index (Phi) is 3.72. The fraction of sp³-hybridized carbons (Fsp3) is 0.143. The van der Waals surface area contributed by atoms with Crippen LogP contribution in [0, 0.1) is 6.92 Å². The zero-order valence-corrected chi connectivity index (χ0v) is 15.4. The summed E-state index contributed by atoms with van der Waals surface area (Å²) in [6.07, 6.45) is -0.445. The number of aromatic nitrogens is 2. The molecular weight excluding hydrogens is 360 g/mol. The predicted octanol–water partition coefficient (Wildman–Crippen LogP) is 4.47. The first-order valence-corrected chi connectivity index (χ1v) is 9.49. The summed E-state index contributed by atoms with van der Waals surface area (Å²) in [5.41, 5.74) is 1.81. The molecule has 0 fully saturated rings. The SMILES string of the molecule is Cc1sc2nc([C@H]3COc4ccccc4O3)[nH]c(=O)c2c1-c1ccccc1. The molecule has 0 bridgehead atoms. The summed E-state index contributed by atoms with van der Waals surface area (Å²) in [7, 11) is 0. The van der Waals surface area contributed by atoms with E-state index in [1.54, 1.807) is 0 Å². The first-order chi connectivity index (χ1) is 13.2. The Morgan fingerprint density at radius 3 is 2.63 bits per heavy atom. The van der Waals surface area contributed by atoms with Crippen LogP contribution in [0.4, 0.5) is 0 Å². The van der Waals surface area contributed by atoms with Crippen molar-refractivity contribution in [3.05, 3.63) is 75.7 Å². The highest BCUT2D eigenvalue weighted by Crippen LogP contribution is 2.37. The number of H-pyrrole nitrogens is 1. The Labute approximate surface area is 159 Å². The van der Waals surface area contributed by atoms with E-state index in [-0.39, 0.29) is 5.56 Å². The van der Waals surface area contributed by atoms with Crippen molar-refractivity contribution >= 4 is 21.6 Å². The van der Waals surface area contributed by atoms with E-state index in [9.17, 15) is 4.79 Å². The summed E-state index contributed by atoms with van der Waals surface area (Å²) >= 11 is 1.52. The third-order valence-corrected chi connectivity index (χ3v) is 5.63.